The van der Waals surface area contributed by atoms with Gasteiger partial charge in [-0.2, -0.15) is 5.10 Å². The van der Waals surface area contributed by atoms with Crippen LogP contribution in [0.5, 0.6) is 0 Å². The number of amides is 1. The molecule has 0 radical (unpaired) electrons. The monoisotopic (exact) mass is 309 g/mol. The Balaban J connectivity index is 2.10. The number of aromatic nitrogens is 2. The fourth-order valence-corrected chi connectivity index (χ4v) is 1.84. The maximum atomic E-state index is 13.7. The summed E-state index contributed by atoms with van der Waals surface area (Å²) < 4.78 is 26.5. The van der Waals surface area contributed by atoms with Gasteiger partial charge in [0, 0.05) is 17.7 Å². The van der Waals surface area contributed by atoms with Gasteiger partial charge in [-0.05, 0) is 19.1 Å². The maximum absolute atomic E-state index is 13.7. The summed E-state index contributed by atoms with van der Waals surface area (Å²) in [6.45, 7) is 0.957. The Hall–Kier alpha value is -2.61. The number of aromatic amines is 1. The van der Waals surface area contributed by atoms with Crippen LogP contribution in [0.4, 0.5) is 8.78 Å². The van der Waals surface area contributed by atoms with E-state index in [0.717, 1.165) is 18.2 Å². The lowest BCUT2D eigenvalue weighted by Crippen LogP contribution is -2.39. The Bertz CT molecular complexity index is 739. The molecule has 22 heavy (non-hydrogen) atoms. The SMILES string of the molecule is CC(O)(CNC(=O)c1ccc(=O)[nH]n1)c1ccc(F)cc1F. The third kappa shape index (κ3) is 3.53. The van der Waals surface area contributed by atoms with Crippen LogP contribution >= 0.6 is 0 Å². The molecule has 0 spiro atoms. The van der Waals surface area contributed by atoms with Crippen LogP contribution in [0.2, 0.25) is 0 Å². The minimum absolute atomic E-state index is 0.0602. The molecule has 2 rings (SSSR count). The number of H-pyrrole nitrogens is 1. The van der Waals surface area contributed by atoms with Crippen LogP contribution in [-0.4, -0.2) is 27.8 Å². The zero-order valence-electron chi connectivity index (χ0n) is 11.6. The maximum Gasteiger partial charge on any atom is 0.271 e. The van der Waals surface area contributed by atoms with Gasteiger partial charge in [0.05, 0.1) is 6.54 Å². The first-order chi connectivity index (χ1) is 10.3. The van der Waals surface area contributed by atoms with Crippen molar-refractivity contribution in [3.05, 3.63) is 63.6 Å². The largest absolute Gasteiger partial charge is 0.383 e. The van der Waals surface area contributed by atoms with Gasteiger partial charge in [-0.1, -0.05) is 6.07 Å². The minimum Gasteiger partial charge on any atom is -0.383 e. The van der Waals surface area contributed by atoms with Crippen LogP contribution in [0.3, 0.4) is 0 Å². The standard InChI is InChI=1S/C14H13F2N3O3/c1-14(22,9-3-2-8(15)6-10(9)16)7-17-13(21)11-4-5-12(20)19-18-11/h2-6,22H,7H2,1H3,(H,17,21)(H,19,20). The second kappa shape index (κ2) is 6.02. The molecular weight excluding hydrogens is 296 g/mol. The highest BCUT2D eigenvalue weighted by atomic mass is 19.1. The Kier molecular flexibility index (Phi) is 4.32. The predicted molar refractivity (Wildman–Crippen MR) is 73.1 cm³/mol. The summed E-state index contributed by atoms with van der Waals surface area (Å²) in [6.07, 6.45) is 0. The molecule has 1 atom stereocenters. The zero-order chi connectivity index (χ0) is 16.3. The average Bonchev–Trinajstić information content (AvgIpc) is 2.45. The first-order valence-corrected chi connectivity index (χ1v) is 6.31. The molecule has 1 amide bonds. The van der Waals surface area contributed by atoms with Gasteiger partial charge in [0.15, 0.2) is 0 Å². The van der Waals surface area contributed by atoms with Crippen molar-refractivity contribution in [2.75, 3.05) is 6.54 Å². The van der Waals surface area contributed by atoms with Crippen molar-refractivity contribution in [2.24, 2.45) is 0 Å². The number of hydrogen-bond acceptors (Lipinski definition) is 4. The number of carbonyl (C=O) groups excluding carboxylic acids is 1. The van der Waals surface area contributed by atoms with Crippen LogP contribution in [0, 0.1) is 11.6 Å². The number of halogens is 2. The van der Waals surface area contributed by atoms with Crippen molar-refractivity contribution in [3.8, 4) is 0 Å². The molecule has 116 valence electrons. The van der Waals surface area contributed by atoms with Crippen molar-refractivity contribution in [1.29, 1.82) is 0 Å². The van der Waals surface area contributed by atoms with Gasteiger partial charge in [-0.25, -0.2) is 13.9 Å². The van der Waals surface area contributed by atoms with Gasteiger partial charge in [-0.15, -0.1) is 0 Å². The van der Waals surface area contributed by atoms with Gasteiger partial charge in [-0.3, -0.25) is 9.59 Å². The van der Waals surface area contributed by atoms with Crippen LogP contribution < -0.4 is 10.9 Å². The molecule has 0 saturated carbocycles. The van der Waals surface area contributed by atoms with Crippen molar-refractivity contribution in [3.63, 3.8) is 0 Å². The van der Waals surface area contributed by atoms with Gasteiger partial charge in [0.1, 0.15) is 22.9 Å². The highest BCUT2D eigenvalue weighted by Gasteiger charge is 2.27. The van der Waals surface area contributed by atoms with E-state index in [1.165, 1.54) is 13.0 Å². The lowest BCUT2D eigenvalue weighted by atomic mass is 9.95. The van der Waals surface area contributed by atoms with Gasteiger partial charge >= 0.3 is 0 Å². The fourth-order valence-electron chi connectivity index (χ4n) is 1.84. The molecule has 1 heterocycles. The molecule has 1 aromatic carbocycles. The van der Waals surface area contributed by atoms with E-state index in [1.54, 1.807) is 0 Å². The quantitative estimate of drug-likeness (QED) is 0.774. The fraction of sp³-hybridized carbons (Fsp3) is 0.214. The van der Waals surface area contributed by atoms with Gasteiger partial charge in [0.2, 0.25) is 0 Å². The van der Waals surface area contributed by atoms with Crippen molar-refractivity contribution < 1.29 is 18.7 Å². The lowest BCUT2D eigenvalue weighted by molar-refractivity contribution is 0.0493. The lowest BCUT2D eigenvalue weighted by Gasteiger charge is -2.24. The summed E-state index contributed by atoms with van der Waals surface area (Å²) in [5.74, 6) is -2.33. The topological polar surface area (TPSA) is 95.1 Å². The van der Waals surface area contributed by atoms with E-state index in [2.05, 4.69) is 15.5 Å². The predicted octanol–water partition coefficient (Wildman–Crippen LogP) is 0.686. The number of nitrogens with zero attached hydrogens (tertiary/aromatic N) is 1. The molecule has 0 saturated heterocycles. The smallest absolute Gasteiger partial charge is 0.271 e. The second-order valence-electron chi connectivity index (χ2n) is 4.89. The second-order valence-corrected chi connectivity index (χ2v) is 4.89. The first kappa shape index (κ1) is 15.8. The summed E-state index contributed by atoms with van der Waals surface area (Å²) in [5.41, 5.74) is -2.41. The molecule has 1 unspecified atom stereocenters. The van der Waals surface area contributed by atoms with Crippen LogP contribution in [0.25, 0.3) is 0 Å². The van der Waals surface area contributed by atoms with E-state index < -0.39 is 28.7 Å². The van der Waals surface area contributed by atoms with E-state index in [-0.39, 0.29) is 17.8 Å². The highest BCUT2D eigenvalue weighted by molar-refractivity contribution is 5.92. The number of aliphatic hydroxyl groups is 1. The zero-order valence-corrected chi connectivity index (χ0v) is 11.6. The van der Waals surface area contributed by atoms with Crippen molar-refractivity contribution >= 4 is 5.91 Å². The Morgan fingerprint density at radius 1 is 1.36 bits per heavy atom. The third-order valence-electron chi connectivity index (χ3n) is 3.02. The number of hydrogen-bond donors (Lipinski definition) is 3. The molecule has 8 heteroatoms. The van der Waals surface area contributed by atoms with E-state index >= 15 is 0 Å². The van der Waals surface area contributed by atoms with E-state index in [4.69, 9.17) is 0 Å². The molecule has 0 aliphatic rings. The Labute approximate surface area is 123 Å². The summed E-state index contributed by atoms with van der Waals surface area (Å²) in [6, 6.07) is 5.10. The minimum atomic E-state index is -1.74. The molecular formula is C14H13F2N3O3. The molecule has 0 fully saturated rings. The van der Waals surface area contributed by atoms with E-state index in [0.29, 0.717) is 6.07 Å². The van der Waals surface area contributed by atoms with E-state index in [9.17, 15) is 23.5 Å². The van der Waals surface area contributed by atoms with E-state index in [1.807, 2.05) is 0 Å². The third-order valence-corrected chi connectivity index (χ3v) is 3.02. The summed E-state index contributed by atoms with van der Waals surface area (Å²) in [7, 11) is 0. The number of carbonyl (C=O) groups is 1. The van der Waals surface area contributed by atoms with Crippen LogP contribution in [0.15, 0.2) is 35.1 Å². The summed E-state index contributed by atoms with van der Waals surface area (Å²) >= 11 is 0. The van der Waals surface area contributed by atoms with Crippen molar-refractivity contribution in [1.82, 2.24) is 15.5 Å². The number of rotatable bonds is 4. The van der Waals surface area contributed by atoms with Gasteiger partial charge in [0.25, 0.3) is 11.5 Å². The van der Waals surface area contributed by atoms with Crippen LogP contribution in [0.1, 0.15) is 23.0 Å². The summed E-state index contributed by atoms with van der Waals surface area (Å²) in [5, 5.41) is 18.2. The highest BCUT2D eigenvalue weighted by Crippen LogP contribution is 2.23. The number of benzene rings is 1. The molecule has 0 aliphatic carbocycles. The molecule has 3 N–H and O–H groups in total. The number of nitrogens with one attached hydrogen (secondary N) is 2. The molecule has 0 bridgehead atoms. The van der Waals surface area contributed by atoms with Crippen LogP contribution in [-0.2, 0) is 5.60 Å². The normalized spacial score (nSPS) is 13.5. The Morgan fingerprint density at radius 3 is 2.68 bits per heavy atom. The van der Waals surface area contributed by atoms with Crippen molar-refractivity contribution in [2.45, 2.75) is 12.5 Å². The molecule has 6 nitrogen and oxygen atoms in total. The molecule has 1 aromatic heterocycles. The molecule has 0 aliphatic heterocycles. The molecule has 2 aromatic rings. The Morgan fingerprint density at radius 2 is 2.09 bits per heavy atom. The van der Waals surface area contributed by atoms with Gasteiger partial charge < -0.3 is 10.4 Å². The first-order valence-electron chi connectivity index (χ1n) is 6.31. The summed E-state index contributed by atoms with van der Waals surface area (Å²) in [4.78, 5) is 22.7. The average molecular weight is 309 g/mol.